The first kappa shape index (κ1) is 23.3. The molecule has 1 N–H and O–H groups in total. The average molecular weight is 478 g/mol. The van der Waals surface area contributed by atoms with Crippen LogP contribution in [-0.2, 0) is 18.3 Å². The number of nitrogens with zero attached hydrogens (tertiary/aromatic N) is 2. The Morgan fingerprint density at radius 1 is 1.12 bits per heavy atom. The minimum absolute atomic E-state index is 0.0930. The summed E-state index contributed by atoms with van der Waals surface area (Å²) in [7, 11) is 1.72. The van der Waals surface area contributed by atoms with E-state index in [1.165, 1.54) is 34.2 Å². The maximum Gasteiger partial charge on any atom is 0.263 e. The molecular formula is C26H27N3O2S2. The zero-order valence-electron chi connectivity index (χ0n) is 19.5. The molecule has 0 aliphatic heterocycles. The van der Waals surface area contributed by atoms with Crippen molar-refractivity contribution < 1.29 is 4.79 Å². The van der Waals surface area contributed by atoms with E-state index in [9.17, 15) is 9.59 Å². The summed E-state index contributed by atoms with van der Waals surface area (Å²) >= 11 is 2.74. The number of carbonyl (C=O) groups is 1. The Hall–Kier alpha value is -2.90. The number of anilines is 1. The van der Waals surface area contributed by atoms with E-state index >= 15 is 0 Å². The average Bonchev–Trinajstić information content (AvgIpc) is 3.22. The summed E-state index contributed by atoms with van der Waals surface area (Å²) in [5, 5.41) is 6.20. The highest BCUT2D eigenvalue weighted by Gasteiger charge is 2.17. The van der Waals surface area contributed by atoms with Gasteiger partial charge in [-0.2, -0.15) is 0 Å². The largest absolute Gasteiger partial charge is 0.325 e. The van der Waals surface area contributed by atoms with Crippen molar-refractivity contribution in [3.05, 3.63) is 74.4 Å². The van der Waals surface area contributed by atoms with Gasteiger partial charge in [-0.3, -0.25) is 14.2 Å². The van der Waals surface area contributed by atoms with Gasteiger partial charge in [-0.15, -0.1) is 11.3 Å². The number of hydrogen-bond acceptors (Lipinski definition) is 5. The van der Waals surface area contributed by atoms with Crippen molar-refractivity contribution in [2.45, 2.75) is 39.3 Å². The third-order valence-corrected chi connectivity index (χ3v) is 7.83. The molecule has 0 saturated carbocycles. The van der Waals surface area contributed by atoms with Crippen LogP contribution < -0.4 is 10.9 Å². The summed E-state index contributed by atoms with van der Waals surface area (Å²) in [5.74, 6) is 0.0684. The van der Waals surface area contributed by atoms with Crippen LogP contribution in [0.1, 0.15) is 29.2 Å². The van der Waals surface area contributed by atoms with Crippen LogP contribution in [0.15, 0.2) is 51.7 Å². The summed E-state index contributed by atoms with van der Waals surface area (Å²) < 4.78 is 1.54. The molecule has 5 nitrogen and oxygen atoms in total. The molecule has 0 unspecified atom stereocenters. The van der Waals surface area contributed by atoms with Gasteiger partial charge in [-0.05, 0) is 55.0 Å². The van der Waals surface area contributed by atoms with Gasteiger partial charge in [0.05, 0.1) is 11.1 Å². The Bertz CT molecular complexity index is 1420. The van der Waals surface area contributed by atoms with Crippen molar-refractivity contribution >= 4 is 44.9 Å². The van der Waals surface area contributed by atoms with E-state index in [4.69, 9.17) is 4.98 Å². The van der Waals surface area contributed by atoms with Gasteiger partial charge in [0.25, 0.3) is 5.56 Å². The van der Waals surface area contributed by atoms with Crippen molar-refractivity contribution in [2.24, 2.45) is 7.05 Å². The number of para-hydroxylation sites is 1. The second-order valence-corrected chi connectivity index (χ2v) is 9.99. The summed E-state index contributed by atoms with van der Waals surface area (Å²) in [6, 6.07) is 12.3. The second kappa shape index (κ2) is 9.53. The summed E-state index contributed by atoms with van der Waals surface area (Å²) in [4.78, 5) is 31.3. The molecule has 0 spiro atoms. The number of nitrogens with one attached hydrogen (secondary N) is 1. The Kier molecular flexibility index (Phi) is 6.72. The monoisotopic (exact) mass is 477 g/mol. The standard InChI is InChI=1S/C26H27N3O2S2/c1-6-18-9-7-8-16(3)23(18)27-21(30)14-33-26-28-24-22(25(31)29(26)5)20(13-32-24)19-11-10-15(2)17(4)12-19/h7-13H,6,14H2,1-5H3,(H,27,30). The Balaban J connectivity index is 1.59. The molecule has 4 aromatic rings. The molecule has 1 amide bonds. The summed E-state index contributed by atoms with van der Waals surface area (Å²) in [6.07, 6.45) is 0.846. The highest BCUT2D eigenvalue weighted by atomic mass is 32.2. The molecule has 0 bridgehead atoms. The molecule has 2 aromatic carbocycles. The molecule has 0 aliphatic carbocycles. The number of thiophene rings is 1. The smallest absolute Gasteiger partial charge is 0.263 e. The van der Waals surface area contributed by atoms with Crippen molar-refractivity contribution in [3.8, 4) is 11.1 Å². The number of hydrogen-bond donors (Lipinski definition) is 1. The van der Waals surface area contributed by atoms with Crippen LogP contribution in [0.4, 0.5) is 5.69 Å². The fourth-order valence-corrected chi connectivity index (χ4v) is 5.57. The van der Waals surface area contributed by atoms with Gasteiger partial charge >= 0.3 is 0 Å². The zero-order valence-corrected chi connectivity index (χ0v) is 21.1. The van der Waals surface area contributed by atoms with E-state index in [-0.39, 0.29) is 17.2 Å². The molecular weight excluding hydrogens is 450 g/mol. The second-order valence-electron chi connectivity index (χ2n) is 8.19. The fraction of sp³-hybridized carbons (Fsp3) is 0.269. The van der Waals surface area contributed by atoms with E-state index in [1.807, 2.05) is 36.6 Å². The Labute approximate surface area is 201 Å². The van der Waals surface area contributed by atoms with E-state index in [0.29, 0.717) is 15.4 Å². The quantitative estimate of drug-likeness (QED) is 0.278. The number of aromatic nitrogens is 2. The van der Waals surface area contributed by atoms with Crippen molar-refractivity contribution in [1.82, 2.24) is 9.55 Å². The number of benzene rings is 2. The van der Waals surface area contributed by atoms with Crippen LogP contribution in [0.3, 0.4) is 0 Å². The third-order valence-electron chi connectivity index (χ3n) is 5.93. The van der Waals surface area contributed by atoms with Crippen LogP contribution in [0, 0.1) is 20.8 Å². The number of aryl methyl sites for hydroxylation is 4. The van der Waals surface area contributed by atoms with Gasteiger partial charge in [0.15, 0.2) is 5.16 Å². The predicted octanol–water partition coefficient (Wildman–Crippen LogP) is 5.88. The maximum atomic E-state index is 13.2. The van der Waals surface area contributed by atoms with E-state index in [0.717, 1.165) is 34.4 Å². The van der Waals surface area contributed by atoms with Crippen LogP contribution in [0.25, 0.3) is 21.3 Å². The maximum absolute atomic E-state index is 13.2. The lowest BCUT2D eigenvalue weighted by molar-refractivity contribution is -0.113. The molecule has 7 heteroatoms. The van der Waals surface area contributed by atoms with Gasteiger partial charge in [0.1, 0.15) is 4.83 Å². The summed E-state index contributed by atoms with van der Waals surface area (Å²) in [5.41, 5.74) is 7.27. The zero-order chi connectivity index (χ0) is 23.7. The minimum atomic E-state index is -0.111. The van der Waals surface area contributed by atoms with E-state index in [1.54, 1.807) is 11.6 Å². The molecule has 0 aliphatic rings. The molecule has 2 aromatic heterocycles. The predicted molar refractivity (Wildman–Crippen MR) is 140 cm³/mol. The van der Waals surface area contributed by atoms with E-state index < -0.39 is 0 Å². The Morgan fingerprint density at radius 3 is 2.64 bits per heavy atom. The molecule has 0 atom stereocenters. The highest BCUT2D eigenvalue weighted by molar-refractivity contribution is 7.99. The Morgan fingerprint density at radius 2 is 1.91 bits per heavy atom. The fourth-order valence-electron chi connectivity index (χ4n) is 3.81. The van der Waals surface area contributed by atoms with Gasteiger partial charge < -0.3 is 5.32 Å². The molecule has 0 saturated heterocycles. The summed E-state index contributed by atoms with van der Waals surface area (Å²) in [6.45, 7) is 8.21. The van der Waals surface area contributed by atoms with Crippen LogP contribution in [0.2, 0.25) is 0 Å². The van der Waals surface area contributed by atoms with Crippen molar-refractivity contribution in [2.75, 3.05) is 11.1 Å². The van der Waals surface area contributed by atoms with Crippen LogP contribution in [0.5, 0.6) is 0 Å². The molecule has 2 heterocycles. The number of fused-ring (bicyclic) bond motifs is 1. The SMILES string of the molecule is CCc1cccc(C)c1NC(=O)CSc1nc2scc(-c3ccc(C)c(C)c3)c2c(=O)n1C. The number of thioether (sulfide) groups is 1. The molecule has 170 valence electrons. The topological polar surface area (TPSA) is 64.0 Å². The normalized spacial score (nSPS) is 11.2. The first-order valence-corrected chi connectivity index (χ1v) is 12.7. The molecule has 33 heavy (non-hydrogen) atoms. The van der Waals surface area contributed by atoms with Gasteiger partial charge in [0.2, 0.25) is 5.91 Å². The number of rotatable bonds is 6. The van der Waals surface area contributed by atoms with E-state index in [2.05, 4.69) is 38.2 Å². The minimum Gasteiger partial charge on any atom is -0.325 e. The lowest BCUT2D eigenvalue weighted by Gasteiger charge is -2.13. The third kappa shape index (κ3) is 4.61. The van der Waals surface area contributed by atoms with Crippen LogP contribution >= 0.6 is 23.1 Å². The number of amides is 1. The molecule has 0 radical (unpaired) electrons. The first-order valence-electron chi connectivity index (χ1n) is 10.9. The van der Waals surface area contributed by atoms with Crippen molar-refractivity contribution in [1.29, 1.82) is 0 Å². The van der Waals surface area contributed by atoms with Crippen LogP contribution in [-0.4, -0.2) is 21.2 Å². The highest BCUT2D eigenvalue weighted by Crippen LogP contribution is 2.33. The van der Waals surface area contributed by atoms with Gasteiger partial charge in [-0.25, -0.2) is 4.98 Å². The lowest BCUT2D eigenvalue weighted by atomic mass is 10.0. The first-order chi connectivity index (χ1) is 15.8. The molecule has 4 rings (SSSR count). The van der Waals surface area contributed by atoms with Gasteiger partial charge in [0, 0.05) is 23.7 Å². The molecule has 0 fully saturated rings. The van der Waals surface area contributed by atoms with Gasteiger partial charge in [-0.1, -0.05) is 55.1 Å². The number of carbonyl (C=O) groups excluding carboxylic acids is 1. The van der Waals surface area contributed by atoms with Crippen molar-refractivity contribution in [3.63, 3.8) is 0 Å². The lowest BCUT2D eigenvalue weighted by Crippen LogP contribution is -2.21.